The SMILES string of the molecule is CC#CCN(C)C1CCC(=O)CC1. The van der Waals surface area contributed by atoms with E-state index in [0.717, 1.165) is 32.2 Å². The Kier molecular flexibility index (Phi) is 3.98. The second kappa shape index (κ2) is 5.04. The Morgan fingerprint density at radius 2 is 2.08 bits per heavy atom. The summed E-state index contributed by atoms with van der Waals surface area (Å²) in [5, 5.41) is 0. The number of hydrogen-bond acceptors (Lipinski definition) is 2. The molecule has 0 aromatic rings. The lowest BCUT2D eigenvalue weighted by atomic mass is 9.93. The number of carbonyl (C=O) groups is 1. The van der Waals surface area contributed by atoms with E-state index in [0.29, 0.717) is 11.8 Å². The lowest BCUT2D eigenvalue weighted by Crippen LogP contribution is -2.35. The minimum absolute atomic E-state index is 0.422. The van der Waals surface area contributed by atoms with Crippen LogP contribution in [0.2, 0.25) is 0 Å². The van der Waals surface area contributed by atoms with Crippen LogP contribution in [0.25, 0.3) is 0 Å². The normalized spacial score (nSPS) is 18.5. The van der Waals surface area contributed by atoms with Crippen LogP contribution < -0.4 is 0 Å². The van der Waals surface area contributed by atoms with Crippen molar-refractivity contribution in [1.29, 1.82) is 0 Å². The average Bonchev–Trinajstić information content (AvgIpc) is 2.15. The van der Waals surface area contributed by atoms with Crippen LogP contribution in [0.4, 0.5) is 0 Å². The highest BCUT2D eigenvalue weighted by atomic mass is 16.1. The van der Waals surface area contributed by atoms with Gasteiger partial charge in [-0.05, 0) is 26.8 Å². The summed E-state index contributed by atoms with van der Waals surface area (Å²) in [5.41, 5.74) is 0. The van der Waals surface area contributed by atoms with Gasteiger partial charge in [0.25, 0.3) is 0 Å². The van der Waals surface area contributed by atoms with Crippen LogP contribution in [0, 0.1) is 11.8 Å². The fourth-order valence-electron chi connectivity index (χ4n) is 1.70. The summed E-state index contributed by atoms with van der Waals surface area (Å²) >= 11 is 0. The molecule has 1 fully saturated rings. The molecule has 0 atom stereocenters. The van der Waals surface area contributed by atoms with Crippen molar-refractivity contribution in [3.8, 4) is 11.8 Å². The molecule has 72 valence electrons. The Hall–Kier alpha value is -0.810. The van der Waals surface area contributed by atoms with Crippen LogP contribution in [0.15, 0.2) is 0 Å². The molecule has 2 nitrogen and oxygen atoms in total. The first-order chi connectivity index (χ1) is 6.24. The van der Waals surface area contributed by atoms with Crippen molar-refractivity contribution in [3.63, 3.8) is 0 Å². The van der Waals surface area contributed by atoms with E-state index >= 15 is 0 Å². The molecule has 0 unspecified atom stereocenters. The Balaban J connectivity index is 2.33. The second-order valence-corrected chi connectivity index (χ2v) is 3.61. The smallest absolute Gasteiger partial charge is 0.133 e. The van der Waals surface area contributed by atoms with Crippen molar-refractivity contribution in [2.24, 2.45) is 0 Å². The molecule has 0 aromatic heterocycles. The van der Waals surface area contributed by atoms with Gasteiger partial charge in [0.2, 0.25) is 0 Å². The van der Waals surface area contributed by atoms with Crippen molar-refractivity contribution in [2.45, 2.75) is 38.6 Å². The second-order valence-electron chi connectivity index (χ2n) is 3.61. The van der Waals surface area contributed by atoms with Crippen molar-refractivity contribution >= 4 is 5.78 Å². The third-order valence-corrected chi connectivity index (χ3v) is 2.64. The van der Waals surface area contributed by atoms with Crippen molar-refractivity contribution in [1.82, 2.24) is 4.90 Å². The molecule has 0 amide bonds. The van der Waals surface area contributed by atoms with Gasteiger partial charge in [0.15, 0.2) is 0 Å². The zero-order chi connectivity index (χ0) is 9.68. The first-order valence-electron chi connectivity index (χ1n) is 4.85. The van der Waals surface area contributed by atoms with E-state index in [1.54, 1.807) is 0 Å². The monoisotopic (exact) mass is 179 g/mol. The fourth-order valence-corrected chi connectivity index (χ4v) is 1.70. The lowest BCUT2D eigenvalue weighted by Gasteiger charge is -2.29. The number of carbonyl (C=O) groups excluding carboxylic acids is 1. The largest absolute Gasteiger partial charge is 0.300 e. The molecule has 0 heterocycles. The van der Waals surface area contributed by atoms with Gasteiger partial charge in [-0.2, -0.15) is 0 Å². The van der Waals surface area contributed by atoms with Gasteiger partial charge in [0.05, 0.1) is 6.54 Å². The van der Waals surface area contributed by atoms with Crippen LogP contribution in [0.5, 0.6) is 0 Å². The quantitative estimate of drug-likeness (QED) is 0.598. The standard InChI is InChI=1S/C11H17NO/c1-3-4-9-12(2)10-5-7-11(13)8-6-10/h10H,5-9H2,1-2H3. The van der Waals surface area contributed by atoms with Gasteiger partial charge in [-0.15, -0.1) is 5.92 Å². The molecule has 0 aromatic carbocycles. The molecule has 0 saturated heterocycles. The maximum Gasteiger partial charge on any atom is 0.133 e. The van der Waals surface area contributed by atoms with E-state index in [-0.39, 0.29) is 0 Å². The molecule has 1 aliphatic rings. The molecule has 2 heteroatoms. The summed E-state index contributed by atoms with van der Waals surface area (Å²) in [4.78, 5) is 13.3. The average molecular weight is 179 g/mol. The van der Waals surface area contributed by atoms with Crippen LogP contribution in [-0.4, -0.2) is 30.3 Å². The van der Waals surface area contributed by atoms with E-state index in [1.165, 1.54) is 0 Å². The molecular weight excluding hydrogens is 162 g/mol. The van der Waals surface area contributed by atoms with E-state index in [4.69, 9.17) is 0 Å². The molecule has 13 heavy (non-hydrogen) atoms. The summed E-state index contributed by atoms with van der Waals surface area (Å²) in [6, 6.07) is 0.568. The van der Waals surface area contributed by atoms with Crippen LogP contribution >= 0.6 is 0 Å². The first kappa shape index (κ1) is 10.3. The Labute approximate surface area is 80.3 Å². The van der Waals surface area contributed by atoms with Gasteiger partial charge in [-0.3, -0.25) is 9.69 Å². The highest BCUT2D eigenvalue weighted by Gasteiger charge is 2.21. The third kappa shape index (κ3) is 3.20. The molecule has 0 N–H and O–H groups in total. The summed E-state index contributed by atoms with van der Waals surface area (Å²) in [5.74, 6) is 6.36. The van der Waals surface area contributed by atoms with Gasteiger partial charge in [0, 0.05) is 18.9 Å². The first-order valence-corrected chi connectivity index (χ1v) is 4.85. The molecular formula is C11H17NO. The lowest BCUT2D eigenvalue weighted by molar-refractivity contribution is -0.121. The summed E-state index contributed by atoms with van der Waals surface area (Å²) < 4.78 is 0. The zero-order valence-corrected chi connectivity index (χ0v) is 8.47. The molecule has 0 radical (unpaired) electrons. The minimum atomic E-state index is 0.422. The van der Waals surface area contributed by atoms with Crippen LogP contribution in [0.1, 0.15) is 32.6 Å². The Morgan fingerprint density at radius 1 is 1.46 bits per heavy atom. The molecule has 1 saturated carbocycles. The molecule has 0 bridgehead atoms. The van der Waals surface area contributed by atoms with E-state index in [2.05, 4.69) is 23.8 Å². The van der Waals surface area contributed by atoms with Gasteiger partial charge >= 0.3 is 0 Å². The van der Waals surface area contributed by atoms with Gasteiger partial charge in [-0.1, -0.05) is 5.92 Å². The Morgan fingerprint density at radius 3 is 2.62 bits per heavy atom. The molecule has 0 aliphatic heterocycles. The van der Waals surface area contributed by atoms with Crippen LogP contribution in [0.3, 0.4) is 0 Å². The van der Waals surface area contributed by atoms with Gasteiger partial charge in [0.1, 0.15) is 5.78 Å². The van der Waals surface area contributed by atoms with E-state index < -0.39 is 0 Å². The molecule has 1 aliphatic carbocycles. The summed E-state index contributed by atoms with van der Waals surface area (Å²) in [6.07, 6.45) is 3.55. The minimum Gasteiger partial charge on any atom is -0.300 e. The van der Waals surface area contributed by atoms with E-state index in [9.17, 15) is 4.79 Å². The highest BCUT2D eigenvalue weighted by molar-refractivity contribution is 5.79. The number of rotatable bonds is 2. The maximum atomic E-state index is 11.0. The summed E-state index contributed by atoms with van der Waals surface area (Å²) in [6.45, 7) is 2.69. The zero-order valence-electron chi connectivity index (χ0n) is 8.47. The van der Waals surface area contributed by atoms with Crippen LogP contribution in [-0.2, 0) is 4.79 Å². The number of ketones is 1. The van der Waals surface area contributed by atoms with Crippen molar-refractivity contribution in [2.75, 3.05) is 13.6 Å². The van der Waals surface area contributed by atoms with Crippen molar-refractivity contribution in [3.05, 3.63) is 0 Å². The predicted octanol–water partition coefficient (Wildman–Crippen LogP) is 1.45. The fraction of sp³-hybridized carbons (Fsp3) is 0.727. The van der Waals surface area contributed by atoms with Crippen molar-refractivity contribution < 1.29 is 4.79 Å². The highest BCUT2D eigenvalue weighted by Crippen LogP contribution is 2.18. The number of hydrogen-bond donors (Lipinski definition) is 0. The van der Waals surface area contributed by atoms with Gasteiger partial charge < -0.3 is 0 Å². The predicted molar refractivity (Wildman–Crippen MR) is 53.3 cm³/mol. The summed E-state index contributed by atoms with van der Waals surface area (Å²) in [7, 11) is 2.09. The Bertz CT molecular complexity index is 226. The van der Waals surface area contributed by atoms with Gasteiger partial charge in [-0.25, -0.2) is 0 Å². The van der Waals surface area contributed by atoms with E-state index in [1.807, 2.05) is 6.92 Å². The molecule has 0 spiro atoms. The maximum absolute atomic E-state index is 11.0. The number of Topliss-reactive ketones (excluding diaryl/α,β-unsaturated/α-hetero) is 1. The number of nitrogens with zero attached hydrogens (tertiary/aromatic N) is 1. The topological polar surface area (TPSA) is 20.3 Å². The third-order valence-electron chi connectivity index (χ3n) is 2.64. The molecule has 1 rings (SSSR count).